The molecule has 0 aliphatic heterocycles. The second-order valence-corrected chi connectivity index (χ2v) is 7.57. The maximum absolute atomic E-state index is 11.7. The van der Waals surface area contributed by atoms with Gasteiger partial charge < -0.3 is 16.2 Å². The normalized spacial score (nSPS) is 13.6. The first-order valence-corrected chi connectivity index (χ1v) is 11.8. The van der Waals surface area contributed by atoms with Crippen molar-refractivity contribution in [3.05, 3.63) is 72.9 Å². The number of carbonyl (C=O) groups is 2. The molecule has 0 fully saturated rings. The lowest BCUT2D eigenvalue weighted by Crippen LogP contribution is -2.40. The van der Waals surface area contributed by atoms with E-state index in [2.05, 4.69) is 24.4 Å². The molecule has 0 bridgehead atoms. The number of hydrogen-bond donors (Lipinski definition) is 3. The van der Waals surface area contributed by atoms with Crippen LogP contribution in [0.4, 0.5) is 0 Å². The molecule has 0 aromatic carbocycles. The van der Waals surface area contributed by atoms with Crippen LogP contribution in [-0.2, 0) is 9.59 Å². The van der Waals surface area contributed by atoms with E-state index in [9.17, 15) is 9.59 Å². The van der Waals surface area contributed by atoms with E-state index in [1.54, 1.807) is 18.2 Å². The van der Waals surface area contributed by atoms with Crippen molar-refractivity contribution < 1.29 is 14.7 Å². The summed E-state index contributed by atoms with van der Waals surface area (Å²) >= 11 is 0. The number of nitrogens with one attached hydrogen (secondary N) is 1. The molecule has 0 saturated heterocycles. The second-order valence-electron chi connectivity index (χ2n) is 7.57. The molecule has 5 heteroatoms. The molecule has 0 unspecified atom stereocenters. The van der Waals surface area contributed by atoms with Crippen LogP contribution in [0.15, 0.2) is 72.9 Å². The van der Waals surface area contributed by atoms with E-state index >= 15 is 0 Å². The molecule has 1 amide bonds. The van der Waals surface area contributed by atoms with Crippen molar-refractivity contribution in [3.8, 4) is 0 Å². The number of carboxylic acid groups (broad SMARTS) is 1. The maximum Gasteiger partial charge on any atom is 0.326 e. The topological polar surface area (TPSA) is 92.4 Å². The number of hydrogen-bond acceptors (Lipinski definition) is 3. The summed E-state index contributed by atoms with van der Waals surface area (Å²) in [6.07, 6.45) is 33.7. The Bertz CT molecular complexity index is 658. The number of amides is 1. The van der Waals surface area contributed by atoms with Crippen LogP contribution < -0.4 is 11.1 Å². The van der Waals surface area contributed by atoms with E-state index in [1.807, 2.05) is 36.5 Å². The number of aliphatic carboxylic acids is 1. The first-order chi connectivity index (χ1) is 15.6. The lowest BCUT2D eigenvalue weighted by Gasteiger charge is -2.12. The van der Waals surface area contributed by atoms with Gasteiger partial charge in [0.1, 0.15) is 6.04 Å². The van der Waals surface area contributed by atoms with Gasteiger partial charge in [-0.2, -0.15) is 0 Å². The van der Waals surface area contributed by atoms with Gasteiger partial charge in [-0.25, -0.2) is 4.79 Å². The highest BCUT2D eigenvalue weighted by Gasteiger charge is 2.17. The van der Waals surface area contributed by atoms with E-state index in [4.69, 9.17) is 10.8 Å². The minimum absolute atomic E-state index is 0.319. The van der Waals surface area contributed by atoms with Gasteiger partial charge in [0.2, 0.25) is 5.91 Å². The van der Waals surface area contributed by atoms with E-state index in [1.165, 1.54) is 51.0 Å². The average Bonchev–Trinajstić information content (AvgIpc) is 2.78. The summed E-state index contributed by atoms with van der Waals surface area (Å²) in [5.41, 5.74) is 5.37. The average molecular weight is 443 g/mol. The van der Waals surface area contributed by atoms with Gasteiger partial charge in [-0.1, -0.05) is 112 Å². The van der Waals surface area contributed by atoms with Gasteiger partial charge in [0.05, 0.1) is 0 Å². The Morgan fingerprint density at radius 2 is 1.31 bits per heavy atom. The molecule has 0 aromatic heterocycles. The predicted molar refractivity (Wildman–Crippen MR) is 135 cm³/mol. The summed E-state index contributed by atoms with van der Waals surface area (Å²) in [5.74, 6) is -1.49. The number of carbonyl (C=O) groups excluding carboxylic acids is 1. The van der Waals surface area contributed by atoms with Crippen molar-refractivity contribution in [3.63, 3.8) is 0 Å². The minimum Gasteiger partial charge on any atom is -0.480 e. The van der Waals surface area contributed by atoms with Crippen LogP contribution in [0, 0.1) is 0 Å². The Morgan fingerprint density at radius 1 is 0.781 bits per heavy atom. The van der Waals surface area contributed by atoms with Crippen molar-refractivity contribution in [2.45, 2.75) is 77.2 Å². The van der Waals surface area contributed by atoms with E-state index in [-0.39, 0.29) is 0 Å². The third-order valence-corrected chi connectivity index (χ3v) is 4.67. The number of unbranched alkanes of at least 4 members (excludes halogenated alkanes) is 7. The number of allylic oxidation sites excluding steroid dienone is 11. The van der Waals surface area contributed by atoms with Crippen LogP contribution in [0.3, 0.4) is 0 Å². The Kier molecular flexibility index (Phi) is 21.1. The standard InChI is InChI=1S/C27H42N2O3/c1-2-3-4-5-6-7-8-9-10-11-12-13-14-15-16-17-18-19-20-23-26(30)29-25(27(31)32)22-21-24-28/h10-20,23,25H,2-9,21-22,24,28H2,1H3,(H,29,30)(H,31,32)/t25-/m0/s1. The van der Waals surface area contributed by atoms with E-state index < -0.39 is 17.9 Å². The van der Waals surface area contributed by atoms with Gasteiger partial charge in [-0.05, 0) is 32.2 Å². The molecule has 4 N–H and O–H groups in total. The third kappa shape index (κ3) is 20.6. The maximum atomic E-state index is 11.7. The molecule has 0 radical (unpaired) electrons. The summed E-state index contributed by atoms with van der Waals surface area (Å²) in [6.45, 7) is 2.64. The minimum atomic E-state index is -1.05. The summed E-state index contributed by atoms with van der Waals surface area (Å²) in [4.78, 5) is 22.8. The largest absolute Gasteiger partial charge is 0.480 e. The van der Waals surface area contributed by atoms with Crippen LogP contribution in [0.5, 0.6) is 0 Å². The SMILES string of the molecule is CCCCCCCCCC=CC=CC=CC=CC=CC=CC(=O)N[C@@H](CCCN)C(=O)O. The zero-order valence-electron chi connectivity index (χ0n) is 19.6. The molecule has 0 rings (SSSR count). The van der Waals surface area contributed by atoms with Crippen LogP contribution in [0.2, 0.25) is 0 Å². The highest BCUT2D eigenvalue weighted by molar-refractivity contribution is 5.91. The first kappa shape index (κ1) is 29.3. The molecule has 0 heterocycles. The smallest absolute Gasteiger partial charge is 0.326 e. The molecular weight excluding hydrogens is 400 g/mol. The fourth-order valence-corrected chi connectivity index (χ4v) is 2.85. The third-order valence-electron chi connectivity index (χ3n) is 4.67. The summed E-state index contributed by atoms with van der Waals surface area (Å²) in [5, 5.41) is 11.5. The van der Waals surface area contributed by atoms with Crippen LogP contribution in [-0.4, -0.2) is 29.6 Å². The fourth-order valence-electron chi connectivity index (χ4n) is 2.85. The monoisotopic (exact) mass is 442 g/mol. The molecule has 0 saturated carbocycles. The van der Waals surface area contributed by atoms with Crippen molar-refractivity contribution >= 4 is 11.9 Å². The molecule has 178 valence electrons. The Morgan fingerprint density at radius 3 is 1.88 bits per heavy atom. The lowest BCUT2D eigenvalue weighted by molar-refractivity contribution is -0.141. The Labute approximate surface area is 194 Å². The second kappa shape index (κ2) is 23.0. The highest BCUT2D eigenvalue weighted by atomic mass is 16.4. The summed E-state index contributed by atoms with van der Waals surface area (Å²) < 4.78 is 0. The zero-order chi connectivity index (χ0) is 23.7. The van der Waals surface area contributed by atoms with E-state index in [0.717, 1.165) is 6.42 Å². The quantitative estimate of drug-likeness (QED) is 0.134. The van der Waals surface area contributed by atoms with Crippen molar-refractivity contribution in [2.75, 3.05) is 6.54 Å². The lowest BCUT2D eigenvalue weighted by atomic mass is 10.1. The zero-order valence-corrected chi connectivity index (χ0v) is 19.6. The van der Waals surface area contributed by atoms with Gasteiger partial charge in [0.15, 0.2) is 0 Å². The first-order valence-electron chi connectivity index (χ1n) is 11.8. The van der Waals surface area contributed by atoms with Crippen molar-refractivity contribution in [1.29, 1.82) is 0 Å². The van der Waals surface area contributed by atoms with Crippen LogP contribution in [0.25, 0.3) is 0 Å². The van der Waals surface area contributed by atoms with Crippen LogP contribution in [0.1, 0.15) is 71.1 Å². The van der Waals surface area contributed by atoms with Gasteiger partial charge in [0.25, 0.3) is 0 Å². The van der Waals surface area contributed by atoms with Crippen LogP contribution >= 0.6 is 0 Å². The van der Waals surface area contributed by atoms with E-state index in [0.29, 0.717) is 19.4 Å². The molecule has 0 spiro atoms. The van der Waals surface area contributed by atoms with Crippen molar-refractivity contribution in [2.24, 2.45) is 5.73 Å². The molecule has 1 atom stereocenters. The highest BCUT2D eigenvalue weighted by Crippen LogP contribution is 2.08. The van der Waals surface area contributed by atoms with Crippen molar-refractivity contribution in [1.82, 2.24) is 5.32 Å². The number of rotatable bonds is 19. The van der Waals surface area contributed by atoms with Gasteiger partial charge in [-0.15, -0.1) is 0 Å². The van der Waals surface area contributed by atoms with Gasteiger partial charge >= 0.3 is 5.97 Å². The molecular formula is C27H42N2O3. The number of carboxylic acids is 1. The Balaban J connectivity index is 3.93. The molecule has 0 aliphatic rings. The molecule has 0 aliphatic carbocycles. The fraction of sp³-hybridized carbons (Fsp3) is 0.481. The number of nitrogens with two attached hydrogens (primary N) is 1. The molecule has 5 nitrogen and oxygen atoms in total. The molecule has 32 heavy (non-hydrogen) atoms. The summed E-state index contributed by atoms with van der Waals surface area (Å²) in [7, 11) is 0. The Hall–Kier alpha value is -2.66. The van der Waals surface area contributed by atoms with Gasteiger partial charge in [-0.3, -0.25) is 4.79 Å². The predicted octanol–water partition coefficient (Wildman–Crippen LogP) is 5.77. The summed E-state index contributed by atoms with van der Waals surface area (Å²) in [6, 6.07) is -0.909. The van der Waals surface area contributed by atoms with Gasteiger partial charge in [0, 0.05) is 6.08 Å². The molecule has 0 aromatic rings.